The molecular formula is C21H23NO3. The number of hydrogen-bond donors (Lipinski definition) is 0. The van der Waals surface area contributed by atoms with Crippen molar-refractivity contribution in [2.24, 2.45) is 0 Å². The van der Waals surface area contributed by atoms with Gasteiger partial charge in [0.05, 0.1) is 0 Å². The molecule has 25 heavy (non-hydrogen) atoms. The molecule has 130 valence electrons. The number of ether oxygens (including phenoxy) is 2. The molecule has 0 aromatic heterocycles. The molecule has 1 aliphatic rings. The van der Waals surface area contributed by atoms with Gasteiger partial charge in [-0.2, -0.15) is 0 Å². The zero-order valence-electron chi connectivity index (χ0n) is 14.5. The predicted octanol–water partition coefficient (Wildman–Crippen LogP) is 4.34. The molecule has 1 amide bonds. The largest absolute Gasteiger partial charge is 0.484 e. The summed E-state index contributed by atoms with van der Waals surface area (Å²) in [6, 6.07) is 15.2. The number of rotatable bonds is 5. The fourth-order valence-corrected chi connectivity index (χ4v) is 2.66. The van der Waals surface area contributed by atoms with Crippen LogP contribution >= 0.6 is 0 Å². The molecule has 1 saturated heterocycles. The van der Waals surface area contributed by atoms with Crippen molar-refractivity contribution in [3.63, 3.8) is 0 Å². The van der Waals surface area contributed by atoms with Crippen LogP contribution in [0.1, 0.15) is 18.4 Å². The van der Waals surface area contributed by atoms with E-state index in [-0.39, 0.29) is 12.5 Å². The quantitative estimate of drug-likeness (QED) is 0.762. The van der Waals surface area contributed by atoms with E-state index in [1.165, 1.54) is 11.1 Å². The summed E-state index contributed by atoms with van der Waals surface area (Å²) in [5.74, 6) is 2.21. The highest BCUT2D eigenvalue weighted by Gasteiger charge is 2.18. The lowest BCUT2D eigenvalue weighted by Gasteiger charge is -2.27. The predicted molar refractivity (Wildman–Crippen MR) is 98.1 cm³/mol. The molecule has 0 aliphatic carbocycles. The van der Waals surface area contributed by atoms with Crippen molar-refractivity contribution in [1.82, 2.24) is 4.90 Å². The number of carbonyl (C=O) groups excluding carboxylic acids is 1. The Hall–Kier alpha value is -2.75. The normalized spacial score (nSPS) is 14.3. The van der Waals surface area contributed by atoms with Crippen molar-refractivity contribution in [2.45, 2.75) is 19.8 Å². The van der Waals surface area contributed by atoms with Gasteiger partial charge in [0.15, 0.2) is 6.61 Å². The van der Waals surface area contributed by atoms with Gasteiger partial charge < -0.3 is 14.4 Å². The third-order valence-electron chi connectivity index (χ3n) is 4.27. The standard InChI is InChI=1S/C21H23NO3/c1-16-3-5-19(6-4-16)25-20-9-7-18(8-10-20)24-15-21(23)22-13-11-17(2)12-14-22/h3-10H,2,11-15H2,1H3. The molecule has 0 unspecified atom stereocenters. The zero-order chi connectivity index (χ0) is 17.6. The maximum absolute atomic E-state index is 12.2. The van der Waals surface area contributed by atoms with Crippen molar-refractivity contribution in [3.8, 4) is 17.2 Å². The Morgan fingerprint density at radius 2 is 1.48 bits per heavy atom. The third kappa shape index (κ3) is 4.86. The number of benzene rings is 2. The van der Waals surface area contributed by atoms with Gasteiger partial charge in [0.25, 0.3) is 5.91 Å². The molecule has 0 spiro atoms. The summed E-state index contributed by atoms with van der Waals surface area (Å²) >= 11 is 0. The highest BCUT2D eigenvalue weighted by atomic mass is 16.5. The first kappa shape index (κ1) is 17.1. The van der Waals surface area contributed by atoms with Crippen molar-refractivity contribution < 1.29 is 14.3 Å². The number of likely N-dealkylation sites (tertiary alicyclic amines) is 1. The van der Waals surface area contributed by atoms with Gasteiger partial charge in [0, 0.05) is 13.1 Å². The van der Waals surface area contributed by atoms with Crippen molar-refractivity contribution in [3.05, 3.63) is 66.2 Å². The van der Waals surface area contributed by atoms with Crippen molar-refractivity contribution in [2.75, 3.05) is 19.7 Å². The minimum absolute atomic E-state index is 0.0208. The summed E-state index contributed by atoms with van der Waals surface area (Å²) < 4.78 is 11.4. The molecule has 1 aliphatic heterocycles. The Morgan fingerprint density at radius 3 is 2.08 bits per heavy atom. The Kier molecular flexibility index (Phi) is 5.39. The minimum atomic E-state index is 0.0208. The number of hydrogen-bond acceptors (Lipinski definition) is 3. The highest BCUT2D eigenvalue weighted by molar-refractivity contribution is 5.78. The van der Waals surface area contributed by atoms with Gasteiger partial charge in [-0.1, -0.05) is 29.8 Å². The topological polar surface area (TPSA) is 38.8 Å². The lowest BCUT2D eigenvalue weighted by Crippen LogP contribution is -2.39. The second kappa shape index (κ2) is 7.88. The number of aryl methyl sites for hydroxylation is 1. The molecule has 0 saturated carbocycles. The Labute approximate surface area is 148 Å². The minimum Gasteiger partial charge on any atom is -0.484 e. The van der Waals surface area contributed by atoms with E-state index in [4.69, 9.17) is 9.47 Å². The smallest absolute Gasteiger partial charge is 0.260 e. The summed E-state index contributed by atoms with van der Waals surface area (Å²) in [6.45, 7) is 7.54. The zero-order valence-corrected chi connectivity index (χ0v) is 14.5. The molecule has 0 atom stereocenters. The van der Waals surface area contributed by atoms with Gasteiger partial charge >= 0.3 is 0 Å². The van der Waals surface area contributed by atoms with E-state index < -0.39 is 0 Å². The van der Waals surface area contributed by atoms with Crippen LogP contribution in [0.5, 0.6) is 17.2 Å². The number of carbonyl (C=O) groups is 1. The van der Waals surface area contributed by atoms with Crippen LogP contribution < -0.4 is 9.47 Å². The van der Waals surface area contributed by atoms with Crippen molar-refractivity contribution >= 4 is 5.91 Å². The lowest BCUT2D eigenvalue weighted by molar-refractivity contribution is -0.133. The molecule has 3 rings (SSSR count). The first-order valence-electron chi connectivity index (χ1n) is 8.52. The van der Waals surface area contributed by atoms with Crippen LogP contribution in [-0.4, -0.2) is 30.5 Å². The van der Waals surface area contributed by atoms with Crippen molar-refractivity contribution in [1.29, 1.82) is 0 Å². The number of piperidine rings is 1. The maximum Gasteiger partial charge on any atom is 0.260 e. The number of amides is 1. The fraction of sp³-hybridized carbons (Fsp3) is 0.286. The lowest BCUT2D eigenvalue weighted by atomic mass is 10.1. The van der Waals surface area contributed by atoms with Gasteiger partial charge in [0.2, 0.25) is 0 Å². The monoisotopic (exact) mass is 337 g/mol. The maximum atomic E-state index is 12.2. The first-order chi connectivity index (χ1) is 12.1. The average Bonchev–Trinajstić information content (AvgIpc) is 2.63. The highest BCUT2D eigenvalue weighted by Crippen LogP contribution is 2.24. The van der Waals surface area contributed by atoms with E-state index in [1.807, 2.05) is 60.4 Å². The van der Waals surface area contributed by atoms with Crippen LogP contribution in [0, 0.1) is 6.92 Å². The van der Waals surface area contributed by atoms with Crippen LogP contribution in [-0.2, 0) is 4.79 Å². The van der Waals surface area contributed by atoms with E-state index in [0.717, 1.165) is 37.4 Å². The molecule has 0 bridgehead atoms. The van der Waals surface area contributed by atoms with Crippen LogP contribution in [0.15, 0.2) is 60.7 Å². The Morgan fingerprint density at radius 1 is 0.960 bits per heavy atom. The third-order valence-corrected chi connectivity index (χ3v) is 4.27. The molecule has 4 heteroatoms. The van der Waals surface area contributed by atoms with Gasteiger partial charge in [-0.3, -0.25) is 4.79 Å². The molecule has 0 radical (unpaired) electrons. The first-order valence-corrected chi connectivity index (χ1v) is 8.52. The van der Waals surface area contributed by atoms with E-state index in [0.29, 0.717) is 5.75 Å². The number of nitrogens with zero attached hydrogens (tertiary/aromatic N) is 1. The van der Waals surface area contributed by atoms with E-state index in [2.05, 4.69) is 6.58 Å². The second-order valence-corrected chi connectivity index (χ2v) is 6.31. The van der Waals surface area contributed by atoms with Crippen LogP contribution in [0.2, 0.25) is 0 Å². The van der Waals surface area contributed by atoms with Crippen LogP contribution in [0.4, 0.5) is 0 Å². The van der Waals surface area contributed by atoms with Gasteiger partial charge in [-0.15, -0.1) is 0 Å². The summed E-state index contributed by atoms with van der Waals surface area (Å²) in [7, 11) is 0. The van der Waals surface area contributed by atoms with Gasteiger partial charge in [-0.05, 0) is 56.2 Å². The average molecular weight is 337 g/mol. The van der Waals surface area contributed by atoms with Gasteiger partial charge in [0.1, 0.15) is 17.2 Å². The molecule has 1 heterocycles. The van der Waals surface area contributed by atoms with Gasteiger partial charge in [-0.25, -0.2) is 0 Å². The summed E-state index contributed by atoms with van der Waals surface area (Å²) in [6.07, 6.45) is 1.77. The SMILES string of the molecule is C=C1CCN(C(=O)COc2ccc(Oc3ccc(C)cc3)cc2)CC1. The summed E-state index contributed by atoms with van der Waals surface area (Å²) in [5.41, 5.74) is 2.41. The second-order valence-electron chi connectivity index (χ2n) is 6.31. The van der Waals surface area contributed by atoms with E-state index in [1.54, 1.807) is 0 Å². The molecular weight excluding hydrogens is 314 g/mol. The fourth-order valence-electron chi connectivity index (χ4n) is 2.66. The Bertz CT molecular complexity index is 725. The molecule has 2 aromatic carbocycles. The summed E-state index contributed by atoms with van der Waals surface area (Å²) in [5, 5.41) is 0. The van der Waals surface area contributed by atoms with Crippen LogP contribution in [0.25, 0.3) is 0 Å². The molecule has 0 N–H and O–H groups in total. The molecule has 1 fully saturated rings. The summed E-state index contributed by atoms with van der Waals surface area (Å²) in [4.78, 5) is 14.0. The Balaban J connectivity index is 1.49. The van der Waals surface area contributed by atoms with E-state index in [9.17, 15) is 4.79 Å². The molecule has 4 nitrogen and oxygen atoms in total. The molecule has 2 aromatic rings. The van der Waals surface area contributed by atoms with E-state index >= 15 is 0 Å². The van der Waals surface area contributed by atoms with Crippen LogP contribution in [0.3, 0.4) is 0 Å².